The Morgan fingerprint density at radius 2 is 2.03 bits per heavy atom. The SMILES string of the molecule is CCOC(=O)[C@H](CCc1ccccc1)NC(C)C(=O)N1CC2OCCCC2C[C@H]1C(=O)O. The van der Waals surface area contributed by atoms with Crippen molar-refractivity contribution >= 4 is 17.8 Å². The molecule has 2 saturated heterocycles. The van der Waals surface area contributed by atoms with Crippen LogP contribution in [0.15, 0.2) is 30.3 Å². The zero-order valence-corrected chi connectivity index (χ0v) is 18.9. The first kappa shape index (κ1) is 24.2. The smallest absolute Gasteiger partial charge is 0.326 e. The minimum atomic E-state index is -0.999. The second-order valence-electron chi connectivity index (χ2n) is 8.61. The van der Waals surface area contributed by atoms with E-state index in [0.29, 0.717) is 25.9 Å². The molecule has 3 rings (SSSR count). The van der Waals surface area contributed by atoms with Crippen LogP contribution in [-0.2, 0) is 30.3 Å². The van der Waals surface area contributed by atoms with Crippen LogP contribution in [0.2, 0.25) is 0 Å². The normalized spacial score (nSPS) is 24.8. The van der Waals surface area contributed by atoms with Gasteiger partial charge in [0.2, 0.25) is 5.91 Å². The summed E-state index contributed by atoms with van der Waals surface area (Å²) in [6.45, 7) is 4.56. The number of piperidine rings is 1. The summed E-state index contributed by atoms with van der Waals surface area (Å²) in [4.78, 5) is 39.1. The number of nitrogens with one attached hydrogen (secondary N) is 1. The van der Waals surface area contributed by atoms with Crippen LogP contribution in [0.4, 0.5) is 0 Å². The Morgan fingerprint density at radius 3 is 2.72 bits per heavy atom. The Morgan fingerprint density at radius 1 is 1.28 bits per heavy atom. The monoisotopic (exact) mass is 446 g/mol. The van der Waals surface area contributed by atoms with Crippen molar-refractivity contribution in [1.82, 2.24) is 10.2 Å². The number of aliphatic carboxylic acids is 1. The summed E-state index contributed by atoms with van der Waals surface area (Å²) in [5, 5.41) is 12.9. The maximum atomic E-state index is 13.3. The molecule has 1 aromatic carbocycles. The molecule has 3 unspecified atom stereocenters. The summed E-state index contributed by atoms with van der Waals surface area (Å²) in [6, 6.07) is 7.52. The first-order valence-corrected chi connectivity index (χ1v) is 11.5. The van der Waals surface area contributed by atoms with Crippen LogP contribution >= 0.6 is 0 Å². The third kappa shape index (κ3) is 6.07. The van der Waals surface area contributed by atoms with E-state index in [9.17, 15) is 19.5 Å². The number of esters is 1. The fourth-order valence-electron chi connectivity index (χ4n) is 4.68. The Balaban J connectivity index is 1.67. The van der Waals surface area contributed by atoms with E-state index in [0.717, 1.165) is 18.4 Å². The first-order chi connectivity index (χ1) is 15.4. The maximum absolute atomic E-state index is 13.3. The van der Waals surface area contributed by atoms with Crippen molar-refractivity contribution in [3.8, 4) is 0 Å². The molecule has 0 spiro atoms. The predicted molar refractivity (Wildman–Crippen MR) is 118 cm³/mol. The van der Waals surface area contributed by atoms with Crippen molar-refractivity contribution in [3.63, 3.8) is 0 Å². The molecule has 0 aromatic heterocycles. The average Bonchev–Trinajstić information content (AvgIpc) is 2.80. The highest BCUT2D eigenvalue weighted by molar-refractivity contribution is 5.88. The van der Waals surface area contributed by atoms with Gasteiger partial charge < -0.3 is 19.5 Å². The molecule has 8 heteroatoms. The second-order valence-corrected chi connectivity index (χ2v) is 8.61. The minimum Gasteiger partial charge on any atom is -0.480 e. The highest BCUT2D eigenvalue weighted by Gasteiger charge is 2.44. The number of carbonyl (C=O) groups excluding carboxylic acids is 2. The van der Waals surface area contributed by atoms with Crippen LogP contribution in [0, 0.1) is 5.92 Å². The molecule has 0 aliphatic carbocycles. The number of fused-ring (bicyclic) bond motifs is 1. The zero-order valence-electron chi connectivity index (χ0n) is 18.9. The molecular weight excluding hydrogens is 412 g/mol. The molecule has 2 N–H and O–H groups in total. The minimum absolute atomic E-state index is 0.130. The first-order valence-electron chi connectivity index (χ1n) is 11.5. The van der Waals surface area contributed by atoms with Crippen LogP contribution in [0.1, 0.15) is 45.1 Å². The lowest BCUT2D eigenvalue weighted by molar-refractivity contribution is -0.163. The van der Waals surface area contributed by atoms with E-state index in [-0.39, 0.29) is 31.1 Å². The molecule has 176 valence electrons. The molecule has 2 fully saturated rings. The van der Waals surface area contributed by atoms with Gasteiger partial charge in [-0.3, -0.25) is 14.9 Å². The van der Waals surface area contributed by atoms with Gasteiger partial charge in [-0.2, -0.15) is 0 Å². The van der Waals surface area contributed by atoms with Crippen molar-refractivity contribution in [2.24, 2.45) is 5.92 Å². The molecule has 32 heavy (non-hydrogen) atoms. The van der Waals surface area contributed by atoms with Gasteiger partial charge >= 0.3 is 11.9 Å². The molecule has 0 radical (unpaired) electrons. The standard InChI is InChI=1S/C24H34N2O6/c1-3-31-24(30)19(12-11-17-8-5-4-6-9-17)25-16(2)22(27)26-15-21-18(10-7-13-32-21)14-20(26)23(28)29/h4-6,8-9,16,18-21,25H,3,7,10-15H2,1-2H3,(H,28,29)/t16?,18?,19-,20-,21?/m0/s1. The highest BCUT2D eigenvalue weighted by Crippen LogP contribution is 2.32. The third-order valence-electron chi connectivity index (χ3n) is 6.38. The number of carboxylic acid groups (broad SMARTS) is 1. The molecule has 0 saturated carbocycles. The number of carboxylic acids is 1. The number of benzene rings is 1. The summed E-state index contributed by atoms with van der Waals surface area (Å²) < 4.78 is 11.0. The van der Waals surface area contributed by atoms with E-state index >= 15 is 0 Å². The van der Waals surface area contributed by atoms with Crippen LogP contribution in [0.3, 0.4) is 0 Å². The van der Waals surface area contributed by atoms with Crippen LogP contribution < -0.4 is 5.32 Å². The maximum Gasteiger partial charge on any atom is 0.326 e. The molecule has 8 nitrogen and oxygen atoms in total. The molecule has 0 bridgehead atoms. The highest BCUT2D eigenvalue weighted by atomic mass is 16.5. The lowest BCUT2D eigenvalue weighted by atomic mass is 9.83. The van der Waals surface area contributed by atoms with Gasteiger partial charge in [-0.1, -0.05) is 30.3 Å². The Bertz CT molecular complexity index is 786. The number of amides is 1. The van der Waals surface area contributed by atoms with Gasteiger partial charge in [-0.05, 0) is 57.4 Å². The summed E-state index contributed by atoms with van der Waals surface area (Å²) in [5.41, 5.74) is 1.09. The molecule has 5 atom stereocenters. The number of carbonyl (C=O) groups is 3. The van der Waals surface area contributed by atoms with E-state index in [1.807, 2.05) is 30.3 Å². The average molecular weight is 447 g/mol. The molecule has 2 aliphatic heterocycles. The van der Waals surface area contributed by atoms with Gasteiger partial charge in [0.05, 0.1) is 18.8 Å². The van der Waals surface area contributed by atoms with Crippen LogP contribution in [-0.4, -0.2) is 71.8 Å². The Kier molecular flexibility index (Phi) is 8.64. The fourth-order valence-corrected chi connectivity index (χ4v) is 4.68. The molecule has 2 aliphatic rings. The number of nitrogens with zero attached hydrogens (tertiary/aromatic N) is 1. The number of ether oxygens (including phenoxy) is 2. The van der Waals surface area contributed by atoms with Gasteiger partial charge in [-0.15, -0.1) is 0 Å². The van der Waals surface area contributed by atoms with E-state index in [4.69, 9.17) is 9.47 Å². The summed E-state index contributed by atoms with van der Waals surface area (Å²) in [5.74, 6) is -1.58. The van der Waals surface area contributed by atoms with E-state index < -0.39 is 30.1 Å². The number of likely N-dealkylation sites (tertiary alicyclic amines) is 1. The fraction of sp³-hybridized carbons (Fsp3) is 0.625. The Hall–Kier alpha value is -2.45. The third-order valence-corrected chi connectivity index (χ3v) is 6.38. The van der Waals surface area contributed by atoms with Crippen molar-refractivity contribution in [2.75, 3.05) is 19.8 Å². The van der Waals surface area contributed by atoms with Crippen molar-refractivity contribution in [3.05, 3.63) is 35.9 Å². The largest absolute Gasteiger partial charge is 0.480 e. The molecule has 1 amide bonds. The van der Waals surface area contributed by atoms with Crippen molar-refractivity contribution in [2.45, 2.75) is 70.2 Å². The van der Waals surface area contributed by atoms with Crippen molar-refractivity contribution in [1.29, 1.82) is 0 Å². The molecular formula is C24H34N2O6. The topological polar surface area (TPSA) is 105 Å². The lowest BCUT2D eigenvalue weighted by Crippen LogP contribution is -2.61. The Labute approximate surface area is 189 Å². The molecule has 2 heterocycles. The number of rotatable bonds is 9. The van der Waals surface area contributed by atoms with Crippen molar-refractivity contribution < 1.29 is 29.0 Å². The van der Waals surface area contributed by atoms with E-state index in [2.05, 4.69) is 5.32 Å². The zero-order chi connectivity index (χ0) is 23.1. The van der Waals surface area contributed by atoms with Gasteiger partial charge in [0, 0.05) is 13.2 Å². The summed E-state index contributed by atoms with van der Waals surface area (Å²) >= 11 is 0. The summed E-state index contributed by atoms with van der Waals surface area (Å²) in [6.07, 6.45) is 3.23. The molecule has 1 aromatic rings. The van der Waals surface area contributed by atoms with E-state index in [1.54, 1.807) is 13.8 Å². The van der Waals surface area contributed by atoms with E-state index in [1.165, 1.54) is 4.90 Å². The second kappa shape index (κ2) is 11.4. The predicted octanol–water partition coefficient (Wildman–Crippen LogP) is 2.01. The van der Waals surface area contributed by atoms with Gasteiger partial charge in [0.25, 0.3) is 0 Å². The van der Waals surface area contributed by atoms with Gasteiger partial charge in [-0.25, -0.2) is 4.79 Å². The van der Waals surface area contributed by atoms with Crippen LogP contribution in [0.25, 0.3) is 0 Å². The quantitative estimate of drug-likeness (QED) is 0.559. The van der Waals surface area contributed by atoms with Crippen LogP contribution in [0.5, 0.6) is 0 Å². The number of hydrogen-bond donors (Lipinski definition) is 2. The summed E-state index contributed by atoms with van der Waals surface area (Å²) in [7, 11) is 0. The van der Waals surface area contributed by atoms with Gasteiger partial charge in [0.15, 0.2) is 0 Å². The van der Waals surface area contributed by atoms with Gasteiger partial charge in [0.1, 0.15) is 12.1 Å². The number of aryl methyl sites for hydroxylation is 1. The lowest BCUT2D eigenvalue weighted by Gasteiger charge is -2.45. The number of hydrogen-bond acceptors (Lipinski definition) is 6.